The Morgan fingerprint density at radius 2 is 1.80 bits per heavy atom. The normalized spacial score (nSPS) is 14.5. The van der Waals surface area contributed by atoms with E-state index in [4.69, 9.17) is 10.2 Å². The Labute approximate surface area is 203 Å². The van der Waals surface area contributed by atoms with Crippen LogP contribution in [0.2, 0.25) is 0 Å². The van der Waals surface area contributed by atoms with Gasteiger partial charge in [-0.05, 0) is 30.9 Å². The summed E-state index contributed by atoms with van der Waals surface area (Å²) in [5.74, 6) is -2.04. The third-order valence-corrected chi connectivity index (χ3v) is 6.61. The van der Waals surface area contributed by atoms with E-state index in [9.17, 15) is 27.6 Å². The Balaban J connectivity index is 1.53. The van der Waals surface area contributed by atoms with Crippen LogP contribution in [0.15, 0.2) is 24.3 Å². The van der Waals surface area contributed by atoms with Gasteiger partial charge in [-0.3, -0.25) is 14.9 Å². The molecule has 190 valence electrons. The number of para-hydroxylation sites is 1. The highest BCUT2D eigenvalue weighted by Crippen LogP contribution is 2.35. The number of carbonyl (C=O) groups excluding carboxylic acids is 1. The molecule has 4 N–H and O–H groups in total. The van der Waals surface area contributed by atoms with Gasteiger partial charge < -0.3 is 20.4 Å². The Bertz CT molecular complexity index is 1070. The molecule has 2 amide bonds. The van der Waals surface area contributed by atoms with Crippen LogP contribution in [-0.4, -0.2) is 57.7 Å². The van der Waals surface area contributed by atoms with E-state index in [0.29, 0.717) is 43.0 Å². The summed E-state index contributed by atoms with van der Waals surface area (Å²) in [6.07, 6.45) is -3.73. The topological polar surface area (TPSA) is 132 Å². The van der Waals surface area contributed by atoms with Crippen LogP contribution in [0.5, 0.6) is 0 Å². The summed E-state index contributed by atoms with van der Waals surface area (Å²) in [5.41, 5.74) is -0.357. The van der Waals surface area contributed by atoms with E-state index >= 15 is 0 Å². The maximum absolute atomic E-state index is 13.1. The number of carboxylic acid groups (broad SMARTS) is 2. The van der Waals surface area contributed by atoms with Crippen LogP contribution in [0.25, 0.3) is 0 Å². The van der Waals surface area contributed by atoms with Crippen molar-refractivity contribution in [1.29, 1.82) is 0 Å². The predicted octanol–water partition coefficient (Wildman–Crippen LogP) is 4.16. The number of benzene rings is 1. The number of urea groups is 1. The molecule has 2 heterocycles. The lowest BCUT2D eigenvalue weighted by Gasteiger charge is -2.32. The summed E-state index contributed by atoms with van der Waals surface area (Å²) >= 11 is 0.996. The van der Waals surface area contributed by atoms with Gasteiger partial charge in [-0.25, -0.2) is 9.78 Å². The van der Waals surface area contributed by atoms with Gasteiger partial charge >= 0.3 is 24.1 Å². The number of amides is 2. The molecule has 9 nitrogen and oxygen atoms in total. The summed E-state index contributed by atoms with van der Waals surface area (Å²) in [6.45, 7) is 1.15. The van der Waals surface area contributed by atoms with Gasteiger partial charge in [-0.1, -0.05) is 12.1 Å². The molecule has 35 heavy (non-hydrogen) atoms. The predicted molar refractivity (Wildman–Crippen MR) is 123 cm³/mol. The van der Waals surface area contributed by atoms with Crippen molar-refractivity contribution in [3.05, 3.63) is 40.4 Å². The summed E-state index contributed by atoms with van der Waals surface area (Å²) in [4.78, 5) is 40.7. The summed E-state index contributed by atoms with van der Waals surface area (Å²) in [7, 11) is 0. The molecular weight excluding hydrogens is 489 g/mol. The Hall–Kier alpha value is -3.35. The second kappa shape index (κ2) is 11.4. The largest absolute Gasteiger partial charge is 0.481 e. The number of anilines is 2. The second-order valence-electron chi connectivity index (χ2n) is 8.14. The van der Waals surface area contributed by atoms with Crippen LogP contribution in [0.3, 0.4) is 0 Å². The zero-order valence-corrected chi connectivity index (χ0v) is 19.4. The average molecular weight is 515 g/mol. The monoisotopic (exact) mass is 514 g/mol. The number of hydrogen-bond acceptors (Lipinski definition) is 6. The zero-order valence-electron chi connectivity index (χ0n) is 18.6. The molecule has 3 rings (SSSR count). The van der Waals surface area contributed by atoms with Crippen molar-refractivity contribution in [2.24, 2.45) is 5.92 Å². The molecule has 2 aromatic rings. The maximum Gasteiger partial charge on any atom is 0.418 e. The number of thiazole rings is 1. The minimum absolute atomic E-state index is 0.0276. The molecule has 1 fully saturated rings. The van der Waals surface area contributed by atoms with Gasteiger partial charge in [-0.2, -0.15) is 13.2 Å². The SMILES string of the molecule is O=C(O)CCc1nc(NC(=O)N2CCC(CNc3ccccc3C(F)(F)F)CC2)sc1CC(=O)O. The summed E-state index contributed by atoms with van der Waals surface area (Å²) < 4.78 is 39.4. The van der Waals surface area contributed by atoms with E-state index in [1.807, 2.05) is 0 Å². The van der Waals surface area contributed by atoms with E-state index in [-0.39, 0.29) is 36.0 Å². The molecule has 0 atom stereocenters. The Morgan fingerprint density at radius 3 is 2.43 bits per heavy atom. The number of aromatic nitrogens is 1. The number of carboxylic acids is 2. The van der Waals surface area contributed by atoms with Gasteiger partial charge in [0, 0.05) is 36.6 Å². The van der Waals surface area contributed by atoms with E-state index in [1.54, 1.807) is 4.90 Å². The number of nitrogens with one attached hydrogen (secondary N) is 2. The van der Waals surface area contributed by atoms with E-state index in [0.717, 1.165) is 17.4 Å². The summed E-state index contributed by atoms with van der Waals surface area (Å²) in [6, 6.07) is 4.89. The molecular formula is C22H25F3N4O5S. The number of hydrogen-bond donors (Lipinski definition) is 4. The third-order valence-electron chi connectivity index (χ3n) is 5.59. The molecule has 1 aromatic carbocycles. The highest BCUT2D eigenvalue weighted by atomic mass is 32.1. The van der Waals surface area contributed by atoms with Crippen molar-refractivity contribution in [1.82, 2.24) is 9.88 Å². The van der Waals surface area contributed by atoms with Crippen LogP contribution >= 0.6 is 11.3 Å². The first-order valence-electron chi connectivity index (χ1n) is 10.9. The van der Waals surface area contributed by atoms with Crippen molar-refractivity contribution < 1.29 is 37.8 Å². The number of aliphatic carboxylic acids is 2. The molecule has 0 radical (unpaired) electrons. The van der Waals surface area contributed by atoms with Crippen molar-refractivity contribution in [2.75, 3.05) is 30.3 Å². The van der Waals surface area contributed by atoms with Gasteiger partial charge in [-0.15, -0.1) is 11.3 Å². The van der Waals surface area contributed by atoms with E-state index in [2.05, 4.69) is 15.6 Å². The molecule has 0 saturated carbocycles. The lowest BCUT2D eigenvalue weighted by Crippen LogP contribution is -2.42. The fourth-order valence-electron chi connectivity index (χ4n) is 3.78. The number of carbonyl (C=O) groups is 3. The fourth-order valence-corrected chi connectivity index (χ4v) is 4.77. The molecule has 0 aliphatic carbocycles. The van der Waals surface area contributed by atoms with Gasteiger partial charge in [0.15, 0.2) is 5.13 Å². The van der Waals surface area contributed by atoms with Gasteiger partial charge in [0.05, 0.1) is 24.1 Å². The van der Waals surface area contributed by atoms with Crippen molar-refractivity contribution in [3.63, 3.8) is 0 Å². The number of piperidine rings is 1. The maximum atomic E-state index is 13.1. The van der Waals surface area contributed by atoms with Crippen molar-refractivity contribution in [2.45, 2.75) is 38.3 Å². The lowest BCUT2D eigenvalue weighted by molar-refractivity contribution is -0.137. The number of rotatable bonds is 9. The van der Waals surface area contributed by atoms with Crippen LogP contribution < -0.4 is 10.6 Å². The van der Waals surface area contributed by atoms with Gasteiger partial charge in [0.25, 0.3) is 0 Å². The average Bonchev–Trinajstić information content (AvgIpc) is 3.16. The summed E-state index contributed by atoms with van der Waals surface area (Å²) in [5, 5.41) is 23.7. The Morgan fingerprint density at radius 1 is 1.11 bits per heavy atom. The van der Waals surface area contributed by atoms with Crippen LogP contribution in [-0.2, 0) is 28.6 Å². The first kappa shape index (κ1) is 26.3. The molecule has 0 bridgehead atoms. The minimum atomic E-state index is -4.45. The lowest BCUT2D eigenvalue weighted by atomic mass is 9.96. The first-order chi connectivity index (χ1) is 16.5. The molecule has 1 aromatic heterocycles. The van der Waals surface area contributed by atoms with Gasteiger partial charge in [0.2, 0.25) is 0 Å². The standard InChI is InChI=1S/C22H25F3N4O5S/c23-22(24,25)14-3-1-2-4-15(14)26-12-13-7-9-29(10-8-13)21(34)28-20-27-16(5-6-18(30)31)17(35-20)11-19(32)33/h1-4,13,26H,5-12H2,(H,30,31)(H,32,33)(H,27,28,34). The Kier molecular flexibility index (Phi) is 8.54. The zero-order chi connectivity index (χ0) is 25.6. The molecule has 0 spiro atoms. The molecule has 1 saturated heterocycles. The highest BCUT2D eigenvalue weighted by Gasteiger charge is 2.33. The number of halogens is 3. The number of likely N-dealkylation sites (tertiary alicyclic amines) is 1. The third kappa shape index (κ3) is 7.57. The quantitative estimate of drug-likeness (QED) is 0.395. The second-order valence-corrected chi connectivity index (χ2v) is 9.22. The van der Waals surface area contributed by atoms with Crippen LogP contribution in [0.1, 0.15) is 35.4 Å². The minimum Gasteiger partial charge on any atom is -0.481 e. The van der Waals surface area contributed by atoms with Crippen LogP contribution in [0, 0.1) is 5.92 Å². The van der Waals surface area contributed by atoms with Crippen LogP contribution in [0.4, 0.5) is 28.8 Å². The molecule has 1 aliphatic rings. The first-order valence-corrected chi connectivity index (χ1v) is 11.7. The van der Waals surface area contributed by atoms with E-state index in [1.165, 1.54) is 18.2 Å². The van der Waals surface area contributed by atoms with E-state index < -0.39 is 29.7 Å². The molecule has 0 unspecified atom stereocenters. The highest BCUT2D eigenvalue weighted by molar-refractivity contribution is 7.16. The fraction of sp³-hybridized carbons (Fsp3) is 0.455. The van der Waals surface area contributed by atoms with Crippen molar-refractivity contribution >= 4 is 40.1 Å². The molecule has 13 heteroatoms. The van der Waals surface area contributed by atoms with Crippen molar-refractivity contribution in [3.8, 4) is 0 Å². The smallest absolute Gasteiger partial charge is 0.418 e. The number of nitrogens with zero attached hydrogens (tertiary/aromatic N) is 2. The van der Waals surface area contributed by atoms with Gasteiger partial charge in [0.1, 0.15) is 0 Å². The molecule has 1 aliphatic heterocycles. The number of aryl methyl sites for hydroxylation is 1. The number of alkyl halides is 3.